The summed E-state index contributed by atoms with van der Waals surface area (Å²) >= 11 is 0. The van der Waals surface area contributed by atoms with Crippen LogP contribution in [0.15, 0.2) is 0 Å². The summed E-state index contributed by atoms with van der Waals surface area (Å²) in [4.78, 5) is 23.0. The van der Waals surface area contributed by atoms with Crippen molar-refractivity contribution in [1.29, 1.82) is 0 Å². The molecule has 0 radical (unpaired) electrons. The largest absolute Gasteiger partial charge is 0.481 e. The zero-order valence-corrected chi connectivity index (χ0v) is 14.4. The molecule has 0 saturated carbocycles. The molecule has 2 atom stereocenters. The average Bonchev–Trinajstić information content (AvgIpc) is 2.24. The summed E-state index contributed by atoms with van der Waals surface area (Å²) < 4.78 is 5.98. The summed E-state index contributed by atoms with van der Waals surface area (Å²) in [5, 5.41) is 8.94. The number of carbonyl (C=O) groups excluding carboxylic acids is 1. The standard InChI is InChI=1S/C16H31NO4/c1-12(2)8-7-9-13(3)16(20)21-14(10-15(18)19)11-17(4,5)6/h12-14H,7-11H2,1-6H3/p+1/t13?,14-/m1/s1. The fourth-order valence-corrected chi connectivity index (χ4v) is 2.18. The second-order valence-corrected chi connectivity index (χ2v) is 7.36. The van der Waals surface area contributed by atoms with Crippen molar-refractivity contribution in [3.63, 3.8) is 0 Å². The van der Waals surface area contributed by atoms with Gasteiger partial charge in [0.2, 0.25) is 0 Å². The van der Waals surface area contributed by atoms with Crippen molar-refractivity contribution in [3.05, 3.63) is 0 Å². The van der Waals surface area contributed by atoms with Gasteiger partial charge < -0.3 is 14.3 Å². The monoisotopic (exact) mass is 302 g/mol. The number of hydrogen-bond donors (Lipinski definition) is 1. The summed E-state index contributed by atoms with van der Waals surface area (Å²) in [7, 11) is 5.86. The van der Waals surface area contributed by atoms with Crippen molar-refractivity contribution < 1.29 is 23.9 Å². The van der Waals surface area contributed by atoms with Crippen LogP contribution in [0.25, 0.3) is 0 Å². The van der Waals surface area contributed by atoms with E-state index in [1.165, 1.54) is 0 Å². The van der Waals surface area contributed by atoms with E-state index in [1.807, 2.05) is 28.1 Å². The van der Waals surface area contributed by atoms with E-state index < -0.39 is 12.1 Å². The van der Waals surface area contributed by atoms with Crippen molar-refractivity contribution in [1.82, 2.24) is 0 Å². The van der Waals surface area contributed by atoms with E-state index in [-0.39, 0.29) is 18.3 Å². The lowest BCUT2D eigenvalue weighted by atomic mass is 10.00. The minimum Gasteiger partial charge on any atom is -0.481 e. The summed E-state index contributed by atoms with van der Waals surface area (Å²) in [5.41, 5.74) is 0. The Kier molecular flexibility index (Phi) is 8.55. The maximum absolute atomic E-state index is 12.1. The first-order chi connectivity index (χ1) is 9.51. The molecular formula is C16H32NO4+. The summed E-state index contributed by atoms with van der Waals surface area (Å²) in [6.45, 7) is 6.67. The fourth-order valence-electron chi connectivity index (χ4n) is 2.18. The van der Waals surface area contributed by atoms with Crippen LogP contribution in [0.5, 0.6) is 0 Å². The first kappa shape index (κ1) is 19.9. The third-order valence-electron chi connectivity index (χ3n) is 3.26. The highest BCUT2D eigenvalue weighted by Gasteiger charge is 2.26. The lowest BCUT2D eigenvalue weighted by Gasteiger charge is -2.29. The van der Waals surface area contributed by atoms with Crippen molar-refractivity contribution in [2.24, 2.45) is 11.8 Å². The van der Waals surface area contributed by atoms with Crippen LogP contribution in [0, 0.1) is 11.8 Å². The Morgan fingerprint density at radius 1 is 1.10 bits per heavy atom. The number of quaternary nitrogens is 1. The van der Waals surface area contributed by atoms with Crippen LogP contribution in [0.4, 0.5) is 0 Å². The first-order valence-electron chi connectivity index (χ1n) is 7.74. The molecule has 1 N–H and O–H groups in total. The number of esters is 1. The number of nitrogens with zero attached hydrogens (tertiary/aromatic N) is 1. The molecular weight excluding hydrogens is 270 g/mol. The second-order valence-electron chi connectivity index (χ2n) is 7.36. The van der Waals surface area contributed by atoms with Crippen LogP contribution in [0.1, 0.15) is 46.5 Å². The van der Waals surface area contributed by atoms with Gasteiger partial charge in [0.1, 0.15) is 6.54 Å². The smallest absolute Gasteiger partial charge is 0.309 e. The zero-order chi connectivity index (χ0) is 16.6. The van der Waals surface area contributed by atoms with E-state index in [1.54, 1.807) is 0 Å². The molecule has 0 heterocycles. The molecule has 0 aliphatic rings. The third kappa shape index (κ3) is 11.3. The van der Waals surface area contributed by atoms with Crippen LogP contribution in [0.3, 0.4) is 0 Å². The second kappa shape index (κ2) is 9.03. The number of carboxylic acid groups (broad SMARTS) is 1. The van der Waals surface area contributed by atoms with E-state index in [9.17, 15) is 9.59 Å². The Hall–Kier alpha value is -1.10. The van der Waals surface area contributed by atoms with Gasteiger partial charge >= 0.3 is 11.9 Å². The van der Waals surface area contributed by atoms with Gasteiger partial charge in [-0.15, -0.1) is 0 Å². The molecule has 0 bridgehead atoms. The van der Waals surface area contributed by atoms with Gasteiger partial charge in [0.05, 0.1) is 33.5 Å². The summed E-state index contributed by atoms with van der Waals surface area (Å²) in [5.74, 6) is -0.758. The van der Waals surface area contributed by atoms with E-state index in [4.69, 9.17) is 9.84 Å². The number of carbonyl (C=O) groups is 2. The predicted octanol–water partition coefficient (Wildman–Crippen LogP) is 2.54. The lowest BCUT2D eigenvalue weighted by molar-refractivity contribution is -0.873. The highest BCUT2D eigenvalue weighted by Crippen LogP contribution is 2.15. The number of ether oxygens (including phenoxy) is 1. The Labute approximate surface area is 128 Å². The van der Waals surface area contributed by atoms with Gasteiger partial charge in [0, 0.05) is 0 Å². The fraction of sp³-hybridized carbons (Fsp3) is 0.875. The van der Waals surface area contributed by atoms with Crippen LogP contribution in [-0.2, 0) is 14.3 Å². The van der Waals surface area contributed by atoms with E-state index in [0.717, 1.165) is 19.3 Å². The highest BCUT2D eigenvalue weighted by molar-refractivity contribution is 5.73. The number of carboxylic acids is 1. The normalized spacial score (nSPS) is 14.8. The minimum atomic E-state index is -0.936. The molecule has 0 aromatic carbocycles. The number of aliphatic carboxylic acids is 1. The van der Waals surface area contributed by atoms with E-state index >= 15 is 0 Å². The molecule has 0 amide bonds. The van der Waals surface area contributed by atoms with Gasteiger partial charge in [-0.05, 0) is 12.3 Å². The minimum absolute atomic E-state index is 0.139. The van der Waals surface area contributed by atoms with Gasteiger partial charge in [-0.1, -0.05) is 33.6 Å². The molecule has 21 heavy (non-hydrogen) atoms. The van der Waals surface area contributed by atoms with Crippen molar-refractivity contribution in [2.45, 2.75) is 52.6 Å². The summed E-state index contributed by atoms with van der Waals surface area (Å²) in [6.07, 6.45) is 2.17. The van der Waals surface area contributed by atoms with Crippen molar-refractivity contribution in [2.75, 3.05) is 27.7 Å². The van der Waals surface area contributed by atoms with Gasteiger partial charge in [0.25, 0.3) is 0 Å². The van der Waals surface area contributed by atoms with E-state index in [0.29, 0.717) is 16.9 Å². The molecule has 0 aliphatic heterocycles. The Morgan fingerprint density at radius 3 is 2.10 bits per heavy atom. The Morgan fingerprint density at radius 2 is 1.67 bits per heavy atom. The maximum atomic E-state index is 12.1. The molecule has 0 aromatic rings. The van der Waals surface area contributed by atoms with Crippen LogP contribution in [-0.4, -0.2) is 55.3 Å². The molecule has 0 aromatic heterocycles. The molecule has 0 saturated heterocycles. The Bertz CT molecular complexity index is 334. The SMILES string of the molecule is CC(C)CCCC(C)C(=O)O[C@H](CC(=O)O)C[N+](C)(C)C. The third-order valence-corrected chi connectivity index (χ3v) is 3.26. The van der Waals surface area contributed by atoms with Crippen LogP contribution in [0.2, 0.25) is 0 Å². The molecule has 1 unspecified atom stereocenters. The molecule has 0 fully saturated rings. The molecule has 5 nitrogen and oxygen atoms in total. The Balaban J connectivity index is 4.40. The van der Waals surface area contributed by atoms with E-state index in [2.05, 4.69) is 13.8 Å². The number of hydrogen-bond acceptors (Lipinski definition) is 3. The molecule has 5 heteroatoms. The van der Waals surface area contributed by atoms with Crippen LogP contribution < -0.4 is 0 Å². The van der Waals surface area contributed by atoms with Gasteiger partial charge in [-0.25, -0.2) is 0 Å². The topological polar surface area (TPSA) is 63.6 Å². The van der Waals surface area contributed by atoms with Crippen molar-refractivity contribution >= 4 is 11.9 Å². The highest BCUT2D eigenvalue weighted by atomic mass is 16.5. The number of rotatable bonds is 10. The van der Waals surface area contributed by atoms with Gasteiger partial charge in [0.15, 0.2) is 6.10 Å². The maximum Gasteiger partial charge on any atom is 0.309 e. The van der Waals surface area contributed by atoms with Crippen LogP contribution >= 0.6 is 0 Å². The average molecular weight is 302 g/mol. The zero-order valence-electron chi connectivity index (χ0n) is 14.4. The summed E-state index contributed by atoms with van der Waals surface area (Å²) in [6, 6.07) is 0. The van der Waals surface area contributed by atoms with Gasteiger partial charge in [-0.3, -0.25) is 9.59 Å². The predicted molar refractivity (Wildman–Crippen MR) is 82.9 cm³/mol. The molecule has 0 rings (SSSR count). The molecule has 124 valence electrons. The van der Waals surface area contributed by atoms with Crippen molar-refractivity contribution in [3.8, 4) is 0 Å². The molecule has 0 spiro atoms. The van der Waals surface area contributed by atoms with Gasteiger partial charge in [-0.2, -0.15) is 0 Å². The first-order valence-corrected chi connectivity index (χ1v) is 7.74. The number of likely N-dealkylation sites (N-methyl/N-ethyl adjacent to an activating group) is 1. The lowest BCUT2D eigenvalue weighted by Crippen LogP contribution is -2.44. The quantitative estimate of drug-likeness (QED) is 0.497. The molecule has 0 aliphatic carbocycles.